The highest BCUT2D eigenvalue weighted by atomic mass is 79.9. The van der Waals surface area contributed by atoms with Crippen LogP contribution < -0.4 is 4.74 Å². The van der Waals surface area contributed by atoms with Crippen molar-refractivity contribution in [3.05, 3.63) is 63.9 Å². The van der Waals surface area contributed by atoms with Crippen molar-refractivity contribution in [2.75, 3.05) is 13.2 Å². The van der Waals surface area contributed by atoms with E-state index in [0.717, 1.165) is 22.4 Å². The molecular formula is C16H14BrFO2. The summed E-state index contributed by atoms with van der Waals surface area (Å²) < 4.78 is 25.2. The van der Waals surface area contributed by atoms with Crippen LogP contribution in [-0.2, 0) is 11.2 Å². The van der Waals surface area contributed by atoms with Crippen LogP contribution in [0.15, 0.2) is 46.9 Å². The molecule has 1 aliphatic heterocycles. The van der Waals surface area contributed by atoms with Gasteiger partial charge in [0.25, 0.3) is 0 Å². The second-order valence-electron chi connectivity index (χ2n) is 4.82. The molecule has 1 heterocycles. The van der Waals surface area contributed by atoms with Gasteiger partial charge >= 0.3 is 0 Å². The molecular weight excluding hydrogens is 323 g/mol. The molecule has 104 valence electrons. The average Bonchev–Trinajstić information content (AvgIpc) is 3.26. The third-order valence-corrected chi connectivity index (χ3v) is 3.66. The van der Waals surface area contributed by atoms with E-state index < -0.39 is 0 Å². The summed E-state index contributed by atoms with van der Waals surface area (Å²) >= 11 is 3.36. The monoisotopic (exact) mass is 336 g/mol. The van der Waals surface area contributed by atoms with Gasteiger partial charge in [-0.15, -0.1) is 0 Å². The molecule has 1 aliphatic rings. The fourth-order valence-corrected chi connectivity index (χ4v) is 2.36. The standard InChI is InChI=1S/C16H14BrFO2/c17-13-3-6-16(18)12(8-13)7-11-1-4-14(5-2-11)19-9-15-10-20-15/h1-6,8,15H,7,9-10H2. The number of ether oxygens (including phenoxy) is 2. The van der Waals surface area contributed by atoms with Crippen molar-refractivity contribution in [1.82, 2.24) is 0 Å². The van der Waals surface area contributed by atoms with Crippen LogP contribution in [0.5, 0.6) is 5.75 Å². The molecule has 4 heteroatoms. The zero-order valence-corrected chi connectivity index (χ0v) is 12.4. The molecule has 2 aromatic rings. The predicted octanol–water partition coefficient (Wildman–Crippen LogP) is 3.96. The molecule has 0 saturated carbocycles. The van der Waals surface area contributed by atoms with Gasteiger partial charge < -0.3 is 9.47 Å². The molecule has 2 aromatic carbocycles. The van der Waals surface area contributed by atoms with Crippen molar-refractivity contribution in [1.29, 1.82) is 0 Å². The molecule has 3 rings (SSSR count). The molecule has 0 bridgehead atoms. The lowest BCUT2D eigenvalue weighted by molar-refractivity contribution is 0.263. The van der Waals surface area contributed by atoms with Crippen LogP contribution in [0.3, 0.4) is 0 Å². The number of benzene rings is 2. The minimum Gasteiger partial charge on any atom is -0.491 e. The molecule has 1 unspecified atom stereocenters. The maximum atomic E-state index is 13.7. The molecule has 0 radical (unpaired) electrons. The molecule has 20 heavy (non-hydrogen) atoms. The lowest BCUT2D eigenvalue weighted by atomic mass is 10.0. The Kier molecular flexibility index (Phi) is 4.03. The van der Waals surface area contributed by atoms with Gasteiger partial charge in [-0.05, 0) is 41.5 Å². The zero-order valence-electron chi connectivity index (χ0n) is 10.8. The fourth-order valence-electron chi connectivity index (χ4n) is 1.96. The highest BCUT2D eigenvalue weighted by molar-refractivity contribution is 9.10. The molecule has 1 fully saturated rings. The van der Waals surface area contributed by atoms with E-state index in [-0.39, 0.29) is 11.9 Å². The Morgan fingerprint density at radius 1 is 1.20 bits per heavy atom. The van der Waals surface area contributed by atoms with Crippen LogP contribution in [-0.4, -0.2) is 19.3 Å². The predicted molar refractivity (Wildman–Crippen MR) is 78.6 cm³/mol. The Balaban J connectivity index is 1.66. The van der Waals surface area contributed by atoms with Crippen molar-refractivity contribution < 1.29 is 13.9 Å². The van der Waals surface area contributed by atoms with Crippen molar-refractivity contribution >= 4 is 15.9 Å². The van der Waals surface area contributed by atoms with Crippen LogP contribution >= 0.6 is 15.9 Å². The van der Waals surface area contributed by atoms with E-state index in [1.807, 2.05) is 30.3 Å². The van der Waals surface area contributed by atoms with E-state index in [1.165, 1.54) is 6.07 Å². The van der Waals surface area contributed by atoms with E-state index >= 15 is 0 Å². The summed E-state index contributed by atoms with van der Waals surface area (Å²) in [6, 6.07) is 12.7. The summed E-state index contributed by atoms with van der Waals surface area (Å²) in [6.45, 7) is 1.39. The summed E-state index contributed by atoms with van der Waals surface area (Å²) in [5.41, 5.74) is 1.73. The molecule has 2 nitrogen and oxygen atoms in total. The SMILES string of the molecule is Fc1ccc(Br)cc1Cc1ccc(OCC2CO2)cc1. The highest BCUT2D eigenvalue weighted by Crippen LogP contribution is 2.21. The minimum absolute atomic E-state index is 0.181. The summed E-state index contributed by atoms with van der Waals surface area (Å²) in [5, 5.41) is 0. The summed E-state index contributed by atoms with van der Waals surface area (Å²) in [5.74, 6) is 0.637. The van der Waals surface area contributed by atoms with Crippen molar-refractivity contribution in [2.24, 2.45) is 0 Å². The van der Waals surface area contributed by atoms with Gasteiger partial charge in [-0.1, -0.05) is 28.1 Å². The number of hydrogen-bond acceptors (Lipinski definition) is 2. The first-order chi connectivity index (χ1) is 9.70. The van der Waals surface area contributed by atoms with Gasteiger partial charge in [0.15, 0.2) is 0 Å². The normalized spacial score (nSPS) is 17.0. The Hall–Kier alpha value is -1.39. The van der Waals surface area contributed by atoms with Gasteiger partial charge in [0.2, 0.25) is 0 Å². The molecule has 0 amide bonds. The second kappa shape index (κ2) is 5.94. The van der Waals surface area contributed by atoms with E-state index in [4.69, 9.17) is 9.47 Å². The molecule has 0 aliphatic carbocycles. The number of epoxide rings is 1. The first-order valence-corrected chi connectivity index (χ1v) is 7.27. The Morgan fingerprint density at radius 3 is 2.65 bits per heavy atom. The van der Waals surface area contributed by atoms with Crippen LogP contribution in [0.25, 0.3) is 0 Å². The van der Waals surface area contributed by atoms with Crippen molar-refractivity contribution in [3.8, 4) is 5.75 Å². The minimum atomic E-state index is -0.181. The summed E-state index contributed by atoms with van der Waals surface area (Å²) in [7, 11) is 0. The second-order valence-corrected chi connectivity index (χ2v) is 5.74. The van der Waals surface area contributed by atoms with Gasteiger partial charge in [-0.2, -0.15) is 0 Å². The maximum Gasteiger partial charge on any atom is 0.126 e. The van der Waals surface area contributed by atoms with Crippen LogP contribution in [0.1, 0.15) is 11.1 Å². The third kappa shape index (κ3) is 3.58. The molecule has 0 spiro atoms. The topological polar surface area (TPSA) is 21.8 Å². The van der Waals surface area contributed by atoms with E-state index in [1.54, 1.807) is 6.07 Å². The lowest BCUT2D eigenvalue weighted by Gasteiger charge is -2.07. The zero-order chi connectivity index (χ0) is 13.9. The van der Waals surface area contributed by atoms with E-state index in [9.17, 15) is 4.39 Å². The largest absolute Gasteiger partial charge is 0.491 e. The molecule has 1 saturated heterocycles. The van der Waals surface area contributed by atoms with Gasteiger partial charge in [-0.25, -0.2) is 4.39 Å². The van der Waals surface area contributed by atoms with E-state index in [0.29, 0.717) is 18.6 Å². The fraction of sp³-hybridized carbons (Fsp3) is 0.250. The number of hydrogen-bond donors (Lipinski definition) is 0. The maximum absolute atomic E-state index is 13.7. The molecule has 0 N–H and O–H groups in total. The Morgan fingerprint density at radius 2 is 1.95 bits per heavy atom. The van der Waals surface area contributed by atoms with Gasteiger partial charge in [-0.3, -0.25) is 0 Å². The van der Waals surface area contributed by atoms with Crippen molar-refractivity contribution in [3.63, 3.8) is 0 Å². The Labute approximate surface area is 125 Å². The van der Waals surface area contributed by atoms with Crippen molar-refractivity contribution in [2.45, 2.75) is 12.5 Å². The highest BCUT2D eigenvalue weighted by Gasteiger charge is 2.22. The summed E-state index contributed by atoms with van der Waals surface area (Å²) in [4.78, 5) is 0. The Bertz CT molecular complexity index is 594. The van der Waals surface area contributed by atoms with E-state index in [2.05, 4.69) is 15.9 Å². The van der Waals surface area contributed by atoms with Gasteiger partial charge in [0, 0.05) is 10.9 Å². The lowest BCUT2D eigenvalue weighted by Crippen LogP contribution is -2.03. The summed E-state index contributed by atoms with van der Waals surface area (Å²) in [6.07, 6.45) is 0.822. The third-order valence-electron chi connectivity index (χ3n) is 3.16. The van der Waals surface area contributed by atoms with Crippen LogP contribution in [0.2, 0.25) is 0 Å². The average molecular weight is 337 g/mol. The van der Waals surface area contributed by atoms with Crippen LogP contribution in [0, 0.1) is 5.82 Å². The molecule has 0 aromatic heterocycles. The number of rotatable bonds is 5. The quantitative estimate of drug-likeness (QED) is 0.771. The van der Waals surface area contributed by atoms with Gasteiger partial charge in [0.1, 0.15) is 24.3 Å². The smallest absolute Gasteiger partial charge is 0.126 e. The first-order valence-electron chi connectivity index (χ1n) is 6.48. The molecule has 1 atom stereocenters. The number of halogens is 2. The first kappa shape index (κ1) is 13.6. The van der Waals surface area contributed by atoms with Gasteiger partial charge in [0.05, 0.1) is 6.61 Å². The van der Waals surface area contributed by atoms with Crippen LogP contribution in [0.4, 0.5) is 4.39 Å².